The summed E-state index contributed by atoms with van der Waals surface area (Å²) in [7, 11) is 1.71. The number of Topliss-reactive ketones (excluding diaryl/α,β-unsaturated/α-hetero) is 1. The van der Waals surface area contributed by atoms with Crippen LogP contribution < -0.4 is 15.5 Å². The molecule has 1 fully saturated rings. The molecule has 8 heteroatoms. The van der Waals surface area contributed by atoms with Gasteiger partial charge in [-0.15, -0.1) is 0 Å². The maximum Gasteiger partial charge on any atom is 0.237 e. The van der Waals surface area contributed by atoms with Gasteiger partial charge in [0.1, 0.15) is 5.82 Å². The Morgan fingerprint density at radius 3 is 2.65 bits per heavy atom. The average molecular weight is 508 g/mol. The molecule has 4 rings (SSSR count). The molecule has 0 bridgehead atoms. The third-order valence-electron chi connectivity index (χ3n) is 7.95. The second kappa shape index (κ2) is 11.9. The molecule has 7 nitrogen and oxygen atoms in total. The molecule has 1 aliphatic heterocycles. The molecule has 3 atom stereocenters. The summed E-state index contributed by atoms with van der Waals surface area (Å²) in [5, 5.41) is 14.9. The number of hydrogen-bond acceptors (Lipinski definition) is 6. The number of halogens is 1. The van der Waals surface area contributed by atoms with Crippen LogP contribution in [0.4, 0.5) is 15.8 Å². The molecular weight excluding hydrogens is 469 g/mol. The Bertz CT molecular complexity index is 1150. The van der Waals surface area contributed by atoms with Crippen LogP contribution in [0.1, 0.15) is 69.4 Å². The predicted molar refractivity (Wildman–Crippen MR) is 144 cm³/mol. The van der Waals surface area contributed by atoms with Crippen molar-refractivity contribution < 1.29 is 14.0 Å². The summed E-state index contributed by atoms with van der Waals surface area (Å²) >= 11 is 0. The number of benzene rings is 1. The Hall–Kier alpha value is -3.13. The highest BCUT2D eigenvalue weighted by Gasteiger charge is 2.36. The van der Waals surface area contributed by atoms with Crippen molar-refractivity contribution in [3.05, 3.63) is 53.6 Å². The lowest BCUT2D eigenvalue weighted by molar-refractivity contribution is -0.127. The number of pyridine rings is 1. The molecule has 2 aliphatic rings. The number of ketones is 1. The van der Waals surface area contributed by atoms with E-state index in [4.69, 9.17) is 5.41 Å². The Morgan fingerprint density at radius 2 is 1.95 bits per heavy atom. The summed E-state index contributed by atoms with van der Waals surface area (Å²) in [5.41, 5.74) is 3.59. The van der Waals surface area contributed by atoms with Crippen LogP contribution in [0.3, 0.4) is 0 Å². The van der Waals surface area contributed by atoms with Crippen LogP contribution in [0.2, 0.25) is 0 Å². The first-order valence-electron chi connectivity index (χ1n) is 13.4. The first-order chi connectivity index (χ1) is 17.8. The van der Waals surface area contributed by atoms with E-state index in [1.807, 2.05) is 13.0 Å². The van der Waals surface area contributed by atoms with Crippen molar-refractivity contribution in [3.8, 4) is 0 Å². The van der Waals surface area contributed by atoms with Gasteiger partial charge in [-0.1, -0.05) is 26.2 Å². The van der Waals surface area contributed by atoms with E-state index in [9.17, 15) is 14.0 Å². The number of nitrogens with zero attached hydrogens (tertiary/aromatic N) is 2. The van der Waals surface area contributed by atoms with E-state index in [1.165, 1.54) is 6.07 Å². The molecule has 1 aliphatic carbocycles. The van der Waals surface area contributed by atoms with Gasteiger partial charge in [-0.25, -0.2) is 4.39 Å². The predicted octanol–water partition coefficient (Wildman–Crippen LogP) is 4.67. The number of carbonyl (C=O) groups is 2. The highest BCUT2D eigenvalue weighted by atomic mass is 19.1. The first-order valence-corrected chi connectivity index (χ1v) is 13.4. The van der Waals surface area contributed by atoms with Crippen molar-refractivity contribution in [2.24, 2.45) is 5.92 Å². The molecule has 1 amide bonds. The van der Waals surface area contributed by atoms with Crippen molar-refractivity contribution in [2.45, 2.75) is 76.8 Å². The lowest BCUT2D eigenvalue weighted by Crippen LogP contribution is -2.53. The zero-order chi connectivity index (χ0) is 26.5. The molecule has 2 heterocycles. The van der Waals surface area contributed by atoms with Gasteiger partial charge in [0.15, 0.2) is 5.78 Å². The molecule has 0 radical (unpaired) electrons. The third-order valence-corrected chi connectivity index (χ3v) is 7.95. The van der Waals surface area contributed by atoms with E-state index >= 15 is 0 Å². The smallest absolute Gasteiger partial charge is 0.237 e. The van der Waals surface area contributed by atoms with Gasteiger partial charge in [0.05, 0.1) is 29.7 Å². The molecule has 0 saturated heterocycles. The number of aromatic nitrogens is 1. The van der Waals surface area contributed by atoms with Crippen LogP contribution in [0.5, 0.6) is 0 Å². The Kier molecular flexibility index (Phi) is 8.69. The summed E-state index contributed by atoms with van der Waals surface area (Å²) in [6.07, 6.45) is 9.75. The number of rotatable bonds is 10. The minimum absolute atomic E-state index is 0.0123. The van der Waals surface area contributed by atoms with Crippen molar-refractivity contribution in [2.75, 3.05) is 18.5 Å². The van der Waals surface area contributed by atoms with Gasteiger partial charge in [0.2, 0.25) is 5.91 Å². The standard InChI is InChI=1S/C29H38FN5O2/c1-4-24(21-15-23(17-33-16-21)35-13-12-20-14-22(30)10-11-25(20)35)26(31)28(36)27(19-8-6-5-7-9-19)34-29(37)18(2)32-3/h10-11,14-19,24,27,31-32H,4-9,12-13H2,1-3H3,(H,34,37). The van der Waals surface area contributed by atoms with E-state index < -0.39 is 18.0 Å². The zero-order valence-corrected chi connectivity index (χ0v) is 22.0. The lowest BCUT2D eigenvalue weighted by Gasteiger charge is -2.32. The topological polar surface area (TPSA) is 98.2 Å². The van der Waals surface area contributed by atoms with Gasteiger partial charge in [0.25, 0.3) is 0 Å². The van der Waals surface area contributed by atoms with Crippen LogP contribution in [-0.4, -0.2) is 48.1 Å². The molecular formula is C29H38FN5O2. The van der Waals surface area contributed by atoms with Gasteiger partial charge >= 0.3 is 0 Å². The first kappa shape index (κ1) is 26.9. The molecule has 1 saturated carbocycles. The van der Waals surface area contributed by atoms with Crippen LogP contribution in [0, 0.1) is 17.1 Å². The number of likely N-dealkylation sites (N-methyl/N-ethyl adjacent to an activating group) is 1. The van der Waals surface area contributed by atoms with Gasteiger partial charge < -0.3 is 20.9 Å². The number of amides is 1. The van der Waals surface area contributed by atoms with E-state index in [0.29, 0.717) is 6.42 Å². The average Bonchev–Trinajstić information content (AvgIpc) is 3.34. The maximum atomic E-state index is 13.8. The molecule has 3 unspecified atom stereocenters. The van der Waals surface area contributed by atoms with Gasteiger partial charge in [-0.3, -0.25) is 14.6 Å². The highest BCUT2D eigenvalue weighted by molar-refractivity contribution is 6.42. The molecule has 1 aromatic heterocycles. The number of carbonyl (C=O) groups excluding carboxylic acids is 2. The van der Waals surface area contributed by atoms with E-state index in [1.54, 1.807) is 38.5 Å². The second-order valence-corrected chi connectivity index (χ2v) is 10.3. The van der Waals surface area contributed by atoms with Crippen molar-refractivity contribution >= 4 is 28.8 Å². The van der Waals surface area contributed by atoms with Crippen molar-refractivity contribution in [1.29, 1.82) is 5.41 Å². The summed E-state index contributed by atoms with van der Waals surface area (Å²) in [5.74, 6) is -1.16. The summed E-state index contributed by atoms with van der Waals surface area (Å²) in [6.45, 7) is 4.45. The second-order valence-electron chi connectivity index (χ2n) is 10.3. The minimum atomic E-state index is -0.693. The fourth-order valence-electron chi connectivity index (χ4n) is 5.64. The fraction of sp³-hybridized carbons (Fsp3) is 0.517. The SMILES string of the molecule is CCC(C(=N)C(=O)C(NC(=O)C(C)NC)C1CCCCC1)c1cncc(N2CCc3cc(F)ccc32)c1. The largest absolute Gasteiger partial charge is 0.344 e. The quantitative estimate of drug-likeness (QED) is 0.406. The van der Waals surface area contributed by atoms with E-state index in [0.717, 1.165) is 67.6 Å². The summed E-state index contributed by atoms with van der Waals surface area (Å²) in [6, 6.07) is 5.70. The Morgan fingerprint density at radius 1 is 1.19 bits per heavy atom. The molecule has 198 valence electrons. The maximum absolute atomic E-state index is 13.8. The molecule has 37 heavy (non-hydrogen) atoms. The summed E-state index contributed by atoms with van der Waals surface area (Å²) in [4.78, 5) is 33.1. The van der Waals surface area contributed by atoms with Crippen LogP contribution in [0.15, 0.2) is 36.7 Å². The normalized spacial score (nSPS) is 18.1. The van der Waals surface area contributed by atoms with Crippen molar-refractivity contribution in [1.82, 2.24) is 15.6 Å². The molecule has 3 N–H and O–H groups in total. The Labute approximate surface area is 218 Å². The highest BCUT2D eigenvalue weighted by Crippen LogP contribution is 2.36. The third kappa shape index (κ3) is 5.90. The zero-order valence-electron chi connectivity index (χ0n) is 22.0. The van der Waals surface area contributed by atoms with E-state index in [2.05, 4.69) is 20.5 Å². The van der Waals surface area contributed by atoms with Crippen LogP contribution >= 0.6 is 0 Å². The van der Waals surface area contributed by atoms with Gasteiger partial charge in [-0.2, -0.15) is 0 Å². The van der Waals surface area contributed by atoms with Gasteiger partial charge in [-0.05, 0) is 81.0 Å². The van der Waals surface area contributed by atoms with E-state index in [-0.39, 0.29) is 29.1 Å². The number of fused-ring (bicyclic) bond motifs is 1. The van der Waals surface area contributed by atoms with Gasteiger partial charge in [0, 0.05) is 24.3 Å². The number of anilines is 2. The number of hydrogen-bond donors (Lipinski definition) is 3. The Balaban J connectivity index is 1.58. The fourth-order valence-corrected chi connectivity index (χ4v) is 5.64. The van der Waals surface area contributed by atoms with Crippen molar-refractivity contribution in [3.63, 3.8) is 0 Å². The molecule has 1 aromatic carbocycles. The summed E-state index contributed by atoms with van der Waals surface area (Å²) < 4.78 is 13.7. The monoisotopic (exact) mass is 507 g/mol. The number of nitrogens with one attached hydrogen (secondary N) is 3. The minimum Gasteiger partial charge on any atom is -0.344 e. The lowest BCUT2D eigenvalue weighted by atomic mass is 9.78. The van der Waals surface area contributed by atoms with Crippen LogP contribution in [-0.2, 0) is 16.0 Å². The molecule has 0 spiro atoms. The van der Waals surface area contributed by atoms with Crippen LogP contribution in [0.25, 0.3) is 0 Å². The molecule has 2 aromatic rings.